The second-order valence-corrected chi connectivity index (χ2v) is 5.20. The number of nitrogens with zero attached hydrogens (tertiary/aromatic N) is 3. The number of hydrogen-bond acceptors (Lipinski definition) is 5. The zero-order valence-electron chi connectivity index (χ0n) is 11.2. The lowest BCUT2D eigenvalue weighted by Crippen LogP contribution is -2.36. The minimum absolute atomic E-state index is 0.0758. The van der Waals surface area contributed by atoms with Gasteiger partial charge in [0.25, 0.3) is 0 Å². The van der Waals surface area contributed by atoms with Crippen molar-refractivity contribution in [2.75, 3.05) is 6.61 Å². The summed E-state index contributed by atoms with van der Waals surface area (Å²) in [4.78, 5) is 13.3. The van der Waals surface area contributed by atoms with Crippen LogP contribution in [-0.2, 0) is 11.3 Å². The van der Waals surface area contributed by atoms with Crippen molar-refractivity contribution in [3.8, 4) is 0 Å². The molecular formula is C12H19N3O3. The zero-order valence-corrected chi connectivity index (χ0v) is 11.2. The Kier molecular flexibility index (Phi) is 3.54. The lowest BCUT2D eigenvalue weighted by molar-refractivity contribution is 0.151. The number of carbonyl (C=O) groups excluding carboxylic acids is 1. The highest BCUT2D eigenvalue weighted by atomic mass is 16.6. The molecule has 0 spiro atoms. The van der Waals surface area contributed by atoms with Crippen LogP contribution >= 0.6 is 0 Å². The standard InChI is InChI=1S/C12H19N3O3/c1-7(2)9-6-17-12(16)15(9)5-10-13-14-11(18-10)8(3)4/h7-9H,5-6H2,1-4H3/t9-/m1/s1. The molecule has 1 aliphatic rings. The molecule has 18 heavy (non-hydrogen) atoms. The molecule has 2 heterocycles. The Morgan fingerprint density at radius 2 is 2.06 bits per heavy atom. The monoisotopic (exact) mass is 253 g/mol. The number of hydrogen-bond donors (Lipinski definition) is 0. The fraction of sp³-hybridized carbons (Fsp3) is 0.750. The average molecular weight is 253 g/mol. The lowest BCUT2D eigenvalue weighted by Gasteiger charge is -2.22. The summed E-state index contributed by atoms with van der Waals surface area (Å²) < 4.78 is 10.6. The average Bonchev–Trinajstić information content (AvgIpc) is 2.88. The Labute approximate surface area is 106 Å². The van der Waals surface area contributed by atoms with Crippen LogP contribution in [0, 0.1) is 5.92 Å². The Balaban J connectivity index is 2.09. The Morgan fingerprint density at radius 1 is 1.33 bits per heavy atom. The predicted octanol–water partition coefficient (Wildman–Crippen LogP) is 2.17. The molecular weight excluding hydrogens is 234 g/mol. The van der Waals surface area contributed by atoms with E-state index in [4.69, 9.17) is 9.15 Å². The fourth-order valence-corrected chi connectivity index (χ4v) is 1.91. The van der Waals surface area contributed by atoms with Crippen LogP contribution in [0.4, 0.5) is 4.79 Å². The first-order chi connectivity index (χ1) is 8.49. The molecule has 6 heteroatoms. The minimum Gasteiger partial charge on any atom is -0.447 e. The van der Waals surface area contributed by atoms with Crippen molar-refractivity contribution in [1.29, 1.82) is 0 Å². The molecule has 100 valence electrons. The Morgan fingerprint density at radius 3 is 2.61 bits per heavy atom. The van der Waals surface area contributed by atoms with Crippen molar-refractivity contribution in [2.45, 2.75) is 46.2 Å². The molecule has 2 rings (SSSR count). The maximum Gasteiger partial charge on any atom is 0.410 e. The highest BCUT2D eigenvalue weighted by Gasteiger charge is 2.35. The summed E-state index contributed by atoms with van der Waals surface area (Å²) in [5.74, 6) is 1.59. The number of amides is 1. The van der Waals surface area contributed by atoms with E-state index < -0.39 is 0 Å². The third-order valence-corrected chi connectivity index (χ3v) is 3.06. The van der Waals surface area contributed by atoms with Gasteiger partial charge in [0.05, 0.1) is 6.04 Å². The van der Waals surface area contributed by atoms with Gasteiger partial charge >= 0.3 is 6.09 Å². The molecule has 1 atom stereocenters. The summed E-state index contributed by atoms with van der Waals surface area (Å²) in [5, 5.41) is 7.92. The zero-order chi connectivity index (χ0) is 13.3. The molecule has 1 aromatic heterocycles. The first kappa shape index (κ1) is 12.9. The van der Waals surface area contributed by atoms with Crippen molar-refractivity contribution >= 4 is 6.09 Å². The number of aromatic nitrogens is 2. The second kappa shape index (κ2) is 4.96. The second-order valence-electron chi connectivity index (χ2n) is 5.20. The van der Waals surface area contributed by atoms with Gasteiger partial charge in [0, 0.05) is 5.92 Å². The summed E-state index contributed by atoms with van der Waals surface area (Å²) >= 11 is 0. The van der Waals surface area contributed by atoms with E-state index in [1.54, 1.807) is 4.90 Å². The van der Waals surface area contributed by atoms with Gasteiger partial charge in [-0.25, -0.2) is 4.79 Å². The van der Waals surface area contributed by atoms with Gasteiger partial charge in [-0.2, -0.15) is 0 Å². The molecule has 0 N–H and O–H groups in total. The van der Waals surface area contributed by atoms with E-state index in [9.17, 15) is 4.79 Å². The summed E-state index contributed by atoms with van der Waals surface area (Å²) in [6.45, 7) is 8.85. The molecule has 0 aliphatic carbocycles. The van der Waals surface area contributed by atoms with Gasteiger partial charge in [0.2, 0.25) is 11.8 Å². The number of cyclic esters (lactones) is 1. The lowest BCUT2D eigenvalue weighted by atomic mass is 10.0. The summed E-state index contributed by atoms with van der Waals surface area (Å²) in [5.41, 5.74) is 0. The number of rotatable bonds is 4. The van der Waals surface area contributed by atoms with Crippen LogP contribution in [0.25, 0.3) is 0 Å². The number of ether oxygens (including phenoxy) is 1. The van der Waals surface area contributed by atoms with Crippen LogP contribution in [0.3, 0.4) is 0 Å². The van der Waals surface area contributed by atoms with Crippen LogP contribution in [0.5, 0.6) is 0 Å². The Hall–Kier alpha value is -1.59. The van der Waals surface area contributed by atoms with E-state index in [-0.39, 0.29) is 18.1 Å². The largest absolute Gasteiger partial charge is 0.447 e. The summed E-state index contributed by atoms with van der Waals surface area (Å²) in [7, 11) is 0. The fourth-order valence-electron chi connectivity index (χ4n) is 1.91. The van der Waals surface area contributed by atoms with Crippen LogP contribution in [0.2, 0.25) is 0 Å². The third-order valence-electron chi connectivity index (χ3n) is 3.06. The van der Waals surface area contributed by atoms with Gasteiger partial charge < -0.3 is 9.15 Å². The highest BCUT2D eigenvalue weighted by molar-refractivity contribution is 5.70. The molecule has 6 nitrogen and oxygen atoms in total. The third kappa shape index (κ3) is 2.47. The quantitative estimate of drug-likeness (QED) is 0.822. The maximum atomic E-state index is 11.6. The highest BCUT2D eigenvalue weighted by Crippen LogP contribution is 2.22. The van der Waals surface area contributed by atoms with Gasteiger partial charge in [0.15, 0.2) is 0 Å². The van der Waals surface area contributed by atoms with Gasteiger partial charge in [-0.1, -0.05) is 27.7 Å². The van der Waals surface area contributed by atoms with E-state index in [1.165, 1.54) is 0 Å². The molecule has 1 saturated heterocycles. The van der Waals surface area contributed by atoms with Gasteiger partial charge in [-0.15, -0.1) is 10.2 Å². The molecule has 0 bridgehead atoms. The maximum absolute atomic E-state index is 11.6. The van der Waals surface area contributed by atoms with E-state index in [1.807, 2.05) is 13.8 Å². The summed E-state index contributed by atoms with van der Waals surface area (Å²) in [6.07, 6.45) is -0.307. The first-order valence-electron chi connectivity index (χ1n) is 6.24. The number of carbonyl (C=O) groups is 1. The SMILES string of the molecule is CC(C)c1nnc(CN2C(=O)OC[C@@H]2C(C)C)o1. The molecule has 0 saturated carbocycles. The Bertz CT molecular complexity index is 428. The summed E-state index contributed by atoms with van der Waals surface area (Å²) in [6, 6.07) is 0.0758. The molecule has 0 radical (unpaired) electrons. The van der Waals surface area contributed by atoms with Crippen molar-refractivity contribution in [2.24, 2.45) is 5.92 Å². The van der Waals surface area contributed by atoms with Crippen LogP contribution in [0.15, 0.2) is 4.42 Å². The van der Waals surface area contributed by atoms with Crippen LogP contribution < -0.4 is 0 Å². The van der Waals surface area contributed by atoms with Gasteiger partial charge in [-0.05, 0) is 5.92 Å². The van der Waals surface area contributed by atoms with Crippen LogP contribution in [-0.4, -0.2) is 33.8 Å². The molecule has 1 amide bonds. The van der Waals surface area contributed by atoms with E-state index in [0.29, 0.717) is 30.9 Å². The molecule has 0 unspecified atom stereocenters. The van der Waals surface area contributed by atoms with E-state index in [2.05, 4.69) is 24.0 Å². The van der Waals surface area contributed by atoms with Gasteiger partial charge in [-0.3, -0.25) is 4.90 Å². The molecule has 1 aliphatic heterocycles. The first-order valence-corrected chi connectivity index (χ1v) is 6.24. The van der Waals surface area contributed by atoms with E-state index >= 15 is 0 Å². The van der Waals surface area contributed by atoms with Gasteiger partial charge in [0.1, 0.15) is 13.2 Å². The molecule has 1 aromatic rings. The smallest absolute Gasteiger partial charge is 0.410 e. The minimum atomic E-state index is -0.307. The normalized spacial score (nSPS) is 20.0. The predicted molar refractivity (Wildman–Crippen MR) is 63.9 cm³/mol. The van der Waals surface area contributed by atoms with Crippen molar-refractivity contribution in [1.82, 2.24) is 15.1 Å². The van der Waals surface area contributed by atoms with Crippen molar-refractivity contribution in [3.63, 3.8) is 0 Å². The van der Waals surface area contributed by atoms with E-state index in [0.717, 1.165) is 0 Å². The van der Waals surface area contributed by atoms with Crippen LogP contribution in [0.1, 0.15) is 45.4 Å². The van der Waals surface area contributed by atoms with Crippen molar-refractivity contribution < 1.29 is 13.9 Å². The molecule has 1 fully saturated rings. The van der Waals surface area contributed by atoms with Crippen molar-refractivity contribution in [3.05, 3.63) is 11.8 Å². The molecule has 0 aromatic carbocycles. The topological polar surface area (TPSA) is 68.5 Å².